The third-order valence-corrected chi connectivity index (χ3v) is 7.54. The van der Waals surface area contributed by atoms with Crippen LogP contribution in [-0.4, -0.2) is 0 Å². The summed E-state index contributed by atoms with van der Waals surface area (Å²) in [5.74, 6) is 1.73. The lowest BCUT2D eigenvalue weighted by Gasteiger charge is -2.08. The zero-order valence-corrected chi connectivity index (χ0v) is 20.5. The van der Waals surface area contributed by atoms with Crippen LogP contribution in [0, 0.1) is 0 Å². The van der Waals surface area contributed by atoms with E-state index >= 15 is 0 Å². The van der Waals surface area contributed by atoms with E-state index in [9.17, 15) is 0 Å². The second kappa shape index (κ2) is 12.2. The summed E-state index contributed by atoms with van der Waals surface area (Å²) in [6.45, 7) is 8.66. The van der Waals surface area contributed by atoms with Gasteiger partial charge in [-0.05, 0) is 70.8 Å². The maximum absolute atomic E-state index is 5.90. The van der Waals surface area contributed by atoms with E-state index in [1.165, 1.54) is 9.79 Å². The molecule has 4 heteroatoms. The number of benzene rings is 4. The molecule has 0 spiro atoms. The Hall–Kier alpha value is -3.34. The van der Waals surface area contributed by atoms with Gasteiger partial charge in [-0.3, -0.25) is 0 Å². The van der Waals surface area contributed by atoms with Crippen LogP contribution in [0.15, 0.2) is 120 Å². The monoisotopic (exact) mass is 482 g/mol. The van der Waals surface area contributed by atoms with Crippen LogP contribution in [0.2, 0.25) is 0 Å². The minimum Gasteiger partial charge on any atom is -0.489 e. The normalized spacial score (nSPS) is 10.5. The Morgan fingerprint density at radius 2 is 0.853 bits per heavy atom. The van der Waals surface area contributed by atoms with E-state index in [4.69, 9.17) is 9.47 Å². The molecule has 0 fully saturated rings. The molecule has 4 aromatic carbocycles. The molecule has 2 nitrogen and oxygen atoms in total. The zero-order chi connectivity index (χ0) is 23.6. The summed E-state index contributed by atoms with van der Waals surface area (Å²) in [5.41, 5.74) is 4.49. The average Bonchev–Trinajstić information content (AvgIpc) is 2.91. The van der Waals surface area contributed by atoms with Crippen molar-refractivity contribution in [2.75, 3.05) is 0 Å². The largest absolute Gasteiger partial charge is 0.489 e. The number of hydrogen-bond acceptors (Lipinski definition) is 4. The Labute approximate surface area is 209 Å². The molecule has 0 saturated heterocycles. The zero-order valence-electron chi connectivity index (χ0n) is 18.9. The highest BCUT2D eigenvalue weighted by Gasteiger charge is 2.02. The summed E-state index contributed by atoms with van der Waals surface area (Å²) in [7, 11) is 3.45. The van der Waals surface area contributed by atoms with Crippen molar-refractivity contribution in [1.29, 1.82) is 0 Å². The molecule has 0 heterocycles. The second-order valence-corrected chi connectivity index (χ2v) is 9.85. The summed E-state index contributed by atoms with van der Waals surface area (Å²) < 4.78 is 11.8. The van der Waals surface area contributed by atoms with Crippen LogP contribution in [0.25, 0.3) is 12.2 Å². The molecule has 4 rings (SSSR count). The minimum absolute atomic E-state index is 0.549. The van der Waals surface area contributed by atoms with E-state index in [0.717, 1.165) is 33.8 Å². The molecule has 170 valence electrons. The lowest BCUT2D eigenvalue weighted by atomic mass is 10.1. The number of rotatable bonds is 11. The SMILES string of the molecule is C=Cc1ccc(COc2ccc(SSc3ccc(OCc4ccc(C=C)cc4)cc3)cc2)cc1. The maximum atomic E-state index is 5.90. The fraction of sp³-hybridized carbons (Fsp3) is 0.0667. The molecule has 4 aromatic rings. The fourth-order valence-corrected chi connectivity index (χ4v) is 5.04. The third-order valence-electron chi connectivity index (χ3n) is 5.12. The number of hydrogen-bond donors (Lipinski definition) is 0. The lowest BCUT2D eigenvalue weighted by Crippen LogP contribution is -1.95. The van der Waals surface area contributed by atoms with Crippen molar-refractivity contribution in [2.45, 2.75) is 23.0 Å². The first-order chi connectivity index (χ1) is 16.7. The molecule has 0 N–H and O–H groups in total. The summed E-state index contributed by atoms with van der Waals surface area (Å²) in [5, 5.41) is 0. The third kappa shape index (κ3) is 7.08. The first-order valence-corrected chi connectivity index (χ1v) is 13.1. The Morgan fingerprint density at radius 1 is 0.500 bits per heavy atom. The van der Waals surface area contributed by atoms with Crippen LogP contribution in [-0.2, 0) is 13.2 Å². The van der Waals surface area contributed by atoms with Gasteiger partial charge in [-0.2, -0.15) is 0 Å². The molecular weight excluding hydrogens is 456 g/mol. The van der Waals surface area contributed by atoms with Crippen LogP contribution in [0.4, 0.5) is 0 Å². The van der Waals surface area contributed by atoms with Crippen molar-refractivity contribution in [3.8, 4) is 11.5 Å². The van der Waals surface area contributed by atoms with Gasteiger partial charge in [0.15, 0.2) is 0 Å². The molecule has 0 atom stereocenters. The molecule has 0 aromatic heterocycles. The summed E-state index contributed by atoms with van der Waals surface area (Å²) in [6, 6.07) is 32.8. The van der Waals surface area contributed by atoms with E-state index in [1.54, 1.807) is 21.6 Å². The number of ether oxygens (including phenoxy) is 2. The van der Waals surface area contributed by atoms with Crippen LogP contribution in [0.1, 0.15) is 22.3 Å². The summed E-state index contributed by atoms with van der Waals surface area (Å²) >= 11 is 0. The van der Waals surface area contributed by atoms with Crippen molar-refractivity contribution in [3.63, 3.8) is 0 Å². The molecule has 0 amide bonds. The highest BCUT2D eigenvalue weighted by Crippen LogP contribution is 2.38. The van der Waals surface area contributed by atoms with Crippen LogP contribution < -0.4 is 9.47 Å². The quantitative estimate of drug-likeness (QED) is 0.199. The van der Waals surface area contributed by atoms with Crippen LogP contribution in [0.5, 0.6) is 11.5 Å². The van der Waals surface area contributed by atoms with Crippen molar-refractivity contribution in [3.05, 3.63) is 132 Å². The van der Waals surface area contributed by atoms with Crippen molar-refractivity contribution in [1.82, 2.24) is 0 Å². The Kier molecular flexibility index (Phi) is 8.55. The lowest BCUT2D eigenvalue weighted by molar-refractivity contribution is 0.306. The first kappa shape index (κ1) is 23.8. The maximum Gasteiger partial charge on any atom is 0.119 e. The van der Waals surface area contributed by atoms with Gasteiger partial charge in [0.2, 0.25) is 0 Å². The smallest absolute Gasteiger partial charge is 0.119 e. The molecule has 0 bridgehead atoms. The van der Waals surface area contributed by atoms with Gasteiger partial charge in [0.05, 0.1) is 0 Å². The molecule has 34 heavy (non-hydrogen) atoms. The van der Waals surface area contributed by atoms with E-state index in [2.05, 4.69) is 61.7 Å². The predicted octanol–water partition coefficient (Wildman–Crippen LogP) is 8.93. The minimum atomic E-state index is 0.549. The van der Waals surface area contributed by atoms with E-state index < -0.39 is 0 Å². The first-order valence-electron chi connectivity index (χ1n) is 10.9. The Morgan fingerprint density at radius 3 is 1.18 bits per heavy atom. The van der Waals surface area contributed by atoms with Crippen molar-refractivity contribution in [2.24, 2.45) is 0 Å². The predicted molar refractivity (Wildman–Crippen MR) is 146 cm³/mol. The summed E-state index contributed by atoms with van der Waals surface area (Å²) in [6.07, 6.45) is 3.68. The van der Waals surface area contributed by atoms with Gasteiger partial charge in [0.25, 0.3) is 0 Å². The van der Waals surface area contributed by atoms with Gasteiger partial charge in [0, 0.05) is 9.79 Å². The van der Waals surface area contributed by atoms with Gasteiger partial charge in [-0.15, -0.1) is 0 Å². The molecule has 0 aliphatic rings. The van der Waals surface area contributed by atoms with E-state index in [0.29, 0.717) is 13.2 Å². The molecule has 0 aliphatic heterocycles. The highest BCUT2D eigenvalue weighted by atomic mass is 33.1. The molecule has 0 unspecified atom stereocenters. The fourth-order valence-electron chi connectivity index (χ4n) is 3.11. The van der Waals surface area contributed by atoms with Crippen LogP contribution in [0.3, 0.4) is 0 Å². The molecular formula is C30H26O2S2. The van der Waals surface area contributed by atoms with Gasteiger partial charge < -0.3 is 9.47 Å². The topological polar surface area (TPSA) is 18.5 Å². The van der Waals surface area contributed by atoms with E-state index in [-0.39, 0.29) is 0 Å². The van der Waals surface area contributed by atoms with Crippen molar-refractivity contribution < 1.29 is 9.47 Å². The van der Waals surface area contributed by atoms with Gasteiger partial charge >= 0.3 is 0 Å². The van der Waals surface area contributed by atoms with Crippen LogP contribution >= 0.6 is 21.6 Å². The summed E-state index contributed by atoms with van der Waals surface area (Å²) in [4.78, 5) is 2.35. The second-order valence-electron chi connectivity index (χ2n) is 7.58. The molecule has 0 saturated carbocycles. The molecule has 0 radical (unpaired) electrons. The van der Waals surface area contributed by atoms with Gasteiger partial charge in [-0.1, -0.05) is 95.4 Å². The standard InChI is InChI=1S/C30H26O2S2/c1-3-23-5-9-25(10-6-23)21-31-27-13-17-29(18-14-27)33-34-30-19-15-28(16-20-30)32-22-26-11-7-24(4-2)8-12-26/h3-20H,1-2,21-22H2. The van der Waals surface area contributed by atoms with E-state index in [1.807, 2.05) is 60.7 Å². The Balaban J connectivity index is 1.21. The van der Waals surface area contributed by atoms with Crippen molar-refractivity contribution >= 4 is 33.7 Å². The van der Waals surface area contributed by atoms with Gasteiger partial charge in [0.1, 0.15) is 24.7 Å². The van der Waals surface area contributed by atoms with Gasteiger partial charge in [-0.25, -0.2) is 0 Å². The molecule has 0 aliphatic carbocycles. The average molecular weight is 483 g/mol. The highest BCUT2D eigenvalue weighted by molar-refractivity contribution is 8.76. The Bertz CT molecular complexity index is 1100.